The summed E-state index contributed by atoms with van der Waals surface area (Å²) in [5.74, 6) is 0.508. The van der Waals surface area contributed by atoms with Gasteiger partial charge >= 0.3 is 0 Å². The maximum absolute atomic E-state index is 11.4. The van der Waals surface area contributed by atoms with Crippen LogP contribution in [0.2, 0.25) is 0 Å². The van der Waals surface area contributed by atoms with Crippen LogP contribution in [0.5, 0.6) is 0 Å². The summed E-state index contributed by atoms with van der Waals surface area (Å²) in [6.45, 7) is 3.67. The van der Waals surface area contributed by atoms with Gasteiger partial charge in [-0.2, -0.15) is 9.78 Å². The molecule has 0 fully saturated rings. The van der Waals surface area contributed by atoms with Crippen LogP contribution in [0.15, 0.2) is 23.0 Å². The number of nitrogens with zero attached hydrogens (tertiary/aromatic N) is 3. The predicted octanol–water partition coefficient (Wildman–Crippen LogP) is 0.572. The number of aryl methyl sites for hydroxylation is 2. The largest absolute Gasteiger partial charge is 0.294 e. The molecule has 2 aromatic heterocycles. The molecular weight excluding hydrogens is 180 g/mol. The van der Waals surface area contributed by atoms with Crippen LogP contribution in [0.3, 0.4) is 0 Å². The van der Waals surface area contributed by atoms with E-state index in [-0.39, 0.29) is 5.56 Å². The Morgan fingerprint density at radius 1 is 1.29 bits per heavy atom. The van der Waals surface area contributed by atoms with Crippen LogP contribution < -0.4 is 5.56 Å². The van der Waals surface area contributed by atoms with Crippen LogP contribution in [0.4, 0.5) is 0 Å². The molecule has 5 nitrogen and oxygen atoms in total. The van der Waals surface area contributed by atoms with Gasteiger partial charge in [-0.15, -0.1) is 5.10 Å². The maximum atomic E-state index is 11.4. The topological polar surface area (TPSA) is 63.6 Å². The zero-order valence-electron chi connectivity index (χ0n) is 7.98. The average molecular weight is 190 g/mol. The van der Waals surface area contributed by atoms with Crippen LogP contribution in [-0.2, 0) is 0 Å². The normalized spacial score (nSPS) is 10.4. The van der Waals surface area contributed by atoms with Crippen molar-refractivity contribution in [2.45, 2.75) is 13.8 Å². The number of aromatic amines is 1. The van der Waals surface area contributed by atoms with Crippen molar-refractivity contribution in [1.29, 1.82) is 0 Å². The lowest BCUT2D eigenvalue weighted by atomic mass is 10.4. The average Bonchev–Trinajstić information content (AvgIpc) is 2.47. The zero-order chi connectivity index (χ0) is 10.1. The first kappa shape index (κ1) is 8.68. The Morgan fingerprint density at radius 2 is 2.07 bits per heavy atom. The number of hydrogen-bond acceptors (Lipinski definition) is 3. The van der Waals surface area contributed by atoms with Gasteiger partial charge in [-0.05, 0) is 26.0 Å². The van der Waals surface area contributed by atoms with E-state index in [1.807, 2.05) is 19.9 Å². The Bertz CT molecular complexity index is 494. The summed E-state index contributed by atoms with van der Waals surface area (Å²) in [4.78, 5) is 11.4. The number of H-pyrrole nitrogens is 1. The van der Waals surface area contributed by atoms with Crippen LogP contribution in [0.25, 0.3) is 5.82 Å². The summed E-state index contributed by atoms with van der Waals surface area (Å²) in [5.41, 5.74) is 1.50. The molecule has 0 radical (unpaired) electrons. The van der Waals surface area contributed by atoms with Gasteiger partial charge in [-0.25, -0.2) is 0 Å². The maximum Gasteiger partial charge on any atom is 0.272 e. The van der Waals surface area contributed by atoms with Crippen LogP contribution in [0, 0.1) is 13.8 Å². The van der Waals surface area contributed by atoms with E-state index in [1.165, 1.54) is 10.7 Å². The van der Waals surface area contributed by atoms with Crippen molar-refractivity contribution >= 4 is 0 Å². The fourth-order valence-electron chi connectivity index (χ4n) is 1.19. The molecule has 0 unspecified atom stereocenters. The van der Waals surface area contributed by atoms with Crippen molar-refractivity contribution in [2.75, 3.05) is 0 Å². The van der Waals surface area contributed by atoms with Crippen LogP contribution in [0.1, 0.15) is 11.4 Å². The number of nitrogens with one attached hydrogen (secondary N) is 1. The van der Waals surface area contributed by atoms with Crippen molar-refractivity contribution in [3.8, 4) is 5.82 Å². The Balaban J connectivity index is 2.54. The van der Waals surface area contributed by atoms with Gasteiger partial charge in [0.25, 0.3) is 5.56 Å². The van der Waals surface area contributed by atoms with Gasteiger partial charge < -0.3 is 0 Å². The highest BCUT2D eigenvalue weighted by Gasteiger charge is 2.03. The van der Waals surface area contributed by atoms with Crippen molar-refractivity contribution in [2.24, 2.45) is 0 Å². The molecule has 1 N–H and O–H groups in total. The highest BCUT2D eigenvalue weighted by atomic mass is 16.1. The van der Waals surface area contributed by atoms with E-state index in [1.54, 1.807) is 6.07 Å². The van der Waals surface area contributed by atoms with E-state index in [9.17, 15) is 4.79 Å². The molecule has 0 aliphatic heterocycles. The molecule has 2 heterocycles. The zero-order valence-corrected chi connectivity index (χ0v) is 7.98. The number of rotatable bonds is 1. The molecule has 0 amide bonds. The second-order valence-corrected chi connectivity index (χ2v) is 3.15. The quantitative estimate of drug-likeness (QED) is 0.715. The third-order valence-corrected chi connectivity index (χ3v) is 1.86. The summed E-state index contributed by atoms with van der Waals surface area (Å²) in [5, 5.41) is 10.7. The van der Waals surface area contributed by atoms with Crippen molar-refractivity contribution in [3.05, 3.63) is 39.9 Å². The van der Waals surface area contributed by atoms with Gasteiger partial charge in [0.1, 0.15) is 0 Å². The van der Waals surface area contributed by atoms with E-state index in [2.05, 4.69) is 15.3 Å². The first-order valence-electron chi connectivity index (χ1n) is 4.26. The molecule has 0 aliphatic rings. The lowest BCUT2D eigenvalue weighted by molar-refractivity contribution is 0.776. The molecule has 5 heteroatoms. The van der Waals surface area contributed by atoms with Crippen molar-refractivity contribution < 1.29 is 0 Å². The molecule has 2 rings (SSSR count). The number of hydrogen-bond donors (Lipinski definition) is 1. The first-order chi connectivity index (χ1) is 6.66. The Morgan fingerprint density at radius 3 is 2.57 bits per heavy atom. The molecule has 14 heavy (non-hydrogen) atoms. The van der Waals surface area contributed by atoms with Crippen LogP contribution >= 0.6 is 0 Å². The molecule has 0 aliphatic carbocycles. The second kappa shape index (κ2) is 3.10. The molecule has 0 aromatic carbocycles. The first-order valence-corrected chi connectivity index (χ1v) is 4.26. The lowest BCUT2D eigenvalue weighted by Gasteiger charge is -1.98. The van der Waals surface area contributed by atoms with E-state index in [0.717, 1.165) is 11.4 Å². The molecule has 0 saturated heterocycles. The Hall–Kier alpha value is -1.91. The van der Waals surface area contributed by atoms with E-state index in [0.29, 0.717) is 5.82 Å². The molecule has 0 atom stereocenters. The van der Waals surface area contributed by atoms with E-state index in [4.69, 9.17) is 0 Å². The second-order valence-electron chi connectivity index (χ2n) is 3.15. The van der Waals surface area contributed by atoms with Gasteiger partial charge in [-0.1, -0.05) is 0 Å². The molecule has 72 valence electrons. The SMILES string of the molecule is Cc1ccc(-n2[nH]c(C)cc2=O)nn1. The number of aromatic nitrogens is 4. The fourth-order valence-corrected chi connectivity index (χ4v) is 1.19. The molecule has 2 aromatic rings. The molecule has 0 spiro atoms. The van der Waals surface area contributed by atoms with Gasteiger partial charge in [0.2, 0.25) is 0 Å². The summed E-state index contributed by atoms with van der Waals surface area (Å²) in [7, 11) is 0. The Labute approximate surface area is 80.4 Å². The van der Waals surface area contributed by atoms with Gasteiger partial charge in [-0.3, -0.25) is 9.89 Å². The summed E-state index contributed by atoms with van der Waals surface area (Å²) < 4.78 is 1.36. The highest BCUT2D eigenvalue weighted by Crippen LogP contribution is 1.99. The highest BCUT2D eigenvalue weighted by molar-refractivity contribution is 5.20. The standard InChI is InChI=1S/C9H10N4O/c1-6-3-4-8(11-10-6)13-9(14)5-7(2)12-13/h3-5,12H,1-2H3. The monoisotopic (exact) mass is 190 g/mol. The minimum atomic E-state index is -0.124. The van der Waals surface area contributed by atoms with Crippen LogP contribution in [-0.4, -0.2) is 20.0 Å². The van der Waals surface area contributed by atoms with Crippen molar-refractivity contribution in [3.63, 3.8) is 0 Å². The minimum Gasteiger partial charge on any atom is -0.294 e. The van der Waals surface area contributed by atoms with Gasteiger partial charge in [0.05, 0.1) is 5.69 Å². The third kappa shape index (κ3) is 1.44. The summed E-state index contributed by atoms with van der Waals surface area (Å²) in [6, 6.07) is 5.08. The molecule has 0 bridgehead atoms. The molecule has 0 saturated carbocycles. The lowest BCUT2D eigenvalue weighted by Crippen LogP contribution is -2.15. The predicted molar refractivity (Wildman–Crippen MR) is 51.5 cm³/mol. The van der Waals surface area contributed by atoms with Gasteiger partial charge in [0.15, 0.2) is 5.82 Å². The molecular formula is C9H10N4O. The van der Waals surface area contributed by atoms with Gasteiger partial charge in [0, 0.05) is 11.8 Å². The van der Waals surface area contributed by atoms with E-state index >= 15 is 0 Å². The third-order valence-electron chi connectivity index (χ3n) is 1.86. The Kier molecular flexibility index (Phi) is 1.92. The summed E-state index contributed by atoms with van der Waals surface area (Å²) >= 11 is 0. The minimum absolute atomic E-state index is 0.124. The van der Waals surface area contributed by atoms with Crippen molar-refractivity contribution in [1.82, 2.24) is 20.0 Å². The summed E-state index contributed by atoms with van der Waals surface area (Å²) in [6.07, 6.45) is 0. The fraction of sp³-hybridized carbons (Fsp3) is 0.222. The smallest absolute Gasteiger partial charge is 0.272 e. The van der Waals surface area contributed by atoms with E-state index < -0.39 is 0 Å².